The van der Waals surface area contributed by atoms with E-state index >= 15 is 0 Å². The van der Waals surface area contributed by atoms with E-state index in [0.29, 0.717) is 22.9 Å². The van der Waals surface area contributed by atoms with E-state index in [1.54, 1.807) is 12.1 Å². The van der Waals surface area contributed by atoms with Crippen molar-refractivity contribution < 1.29 is 21.6 Å². The van der Waals surface area contributed by atoms with Crippen molar-refractivity contribution in [3.63, 3.8) is 0 Å². The van der Waals surface area contributed by atoms with Crippen molar-refractivity contribution in [3.8, 4) is 0 Å². The van der Waals surface area contributed by atoms with E-state index in [-0.39, 0.29) is 22.5 Å². The van der Waals surface area contributed by atoms with Crippen LogP contribution >= 0.6 is 23.8 Å². The summed E-state index contributed by atoms with van der Waals surface area (Å²) in [4.78, 5) is -0.344. The van der Waals surface area contributed by atoms with Gasteiger partial charge in [0.2, 0.25) is 5.11 Å². The van der Waals surface area contributed by atoms with Gasteiger partial charge >= 0.3 is 6.18 Å². The molecule has 1 aliphatic rings. The van der Waals surface area contributed by atoms with Gasteiger partial charge in [0.05, 0.1) is 22.7 Å². The molecule has 5 nitrogen and oxygen atoms in total. The molecule has 3 aromatic rings. The molecule has 36 heavy (non-hydrogen) atoms. The Morgan fingerprint density at radius 3 is 2.14 bits per heavy atom. The molecule has 0 spiro atoms. The molecule has 0 aromatic heterocycles. The second-order valence-electron chi connectivity index (χ2n) is 7.47. The minimum Gasteiger partial charge on any atom is -0.254 e. The molecule has 1 heterocycles. The zero-order chi connectivity index (χ0) is 26.5. The van der Waals surface area contributed by atoms with E-state index in [1.165, 1.54) is 5.01 Å². The third kappa shape index (κ3) is 6.43. The average molecular weight is 554 g/mol. The normalized spacial score (nSPS) is 15.6. The summed E-state index contributed by atoms with van der Waals surface area (Å²) < 4.78 is 66.1. The number of benzene rings is 3. The third-order valence-electron chi connectivity index (χ3n) is 5.20. The maximum atomic E-state index is 12.8. The number of nitrogens with zero attached hydrogens (tertiary/aromatic N) is 2. The van der Waals surface area contributed by atoms with Crippen LogP contribution in [0.2, 0.25) is 5.02 Å². The van der Waals surface area contributed by atoms with Gasteiger partial charge in [-0.2, -0.15) is 18.3 Å². The summed E-state index contributed by atoms with van der Waals surface area (Å²) in [5.74, 6) is -0.198. The first-order valence-electron chi connectivity index (χ1n) is 11.0. The fourth-order valence-electron chi connectivity index (χ4n) is 3.51. The Bertz CT molecular complexity index is 1330. The van der Waals surface area contributed by atoms with Crippen molar-refractivity contribution in [2.75, 3.05) is 6.54 Å². The molecule has 0 amide bonds. The van der Waals surface area contributed by atoms with E-state index < -0.39 is 21.8 Å². The highest BCUT2D eigenvalue weighted by atomic mass is 35.5. The van der Waals surface area contributed by atoms with Crippen LogP contribution in [0, 0.1) is 0 Å². The molecule has 3 aromatic carbocycles. The molecule has 1 atom stereocenters. The second kappa shape index (κ2) is 11.4. The van der Waals surface area contributed by atoms with Crippen molar-refractivity contribution in [1.82, 2.24) is 9.73 Å². The maximum absolute atomic E-state index is 12.8. The highest BCUT2D eigenvalue weighted by Crippen LogP contribution is 2.31. The lowest BCUT2D eigenvalue weighted by Gasteiger charge is -2.18. The minimum atomic E-state index is -4.57. The van der Waals surface area contributed by atoms with E-state index in [2.05, 4.69) is 9.82 Å². The topological polar surface area (TPSA) is 61.8 Å². The number of hydrogen-bond acceptors (Lipinski definition) is 4. The Balaban J connectivity index is 0.00000176. The Morgan fingerprint density at radius 2 is 1.58 bits per heavy atom. The molecule has 0 radical (unpaired) electrons. The molecule has 0 saturated heterocycles. The summed E-state index contributed by atoms with van der Waals surface area (Å²) in [6.07, 6.45) is -4.57. The number of thiocarbonyl (C=S) groups is 1. The van der Waals surface area contributed by atoms with Crippen LogP contribution in [-0.2, 0) is 16.2 Å². The van der Waals surface area contributed by atoms with Gasteiger partial charge in [-0.1, -0.05) is 67.9 Å². The summed E-state index contributed by atoms with van der Waals surface area (Å²) in [6, 6.07) is 19.8. The molecular formula is C25H23ClF3N3O2S2. The Labute approximate surface area is 218 Å². The minimum absolute atomic E-state index is 0.190. The van der Waals surface area contributed by atoms with Crippen LogP contribution in [-0.4, -0.2) is 30.8 Å². The van der Waals surface area contributed by atoms with Gasteiger partial charge < -0.3 is 0 Å². The number of alkyl halides is 3. The molecule has 11 heteroatoms. The van der Waals surface area contributed by atoms with Crippen LogP contribution in [0.5, 0.6) is 0 Å². The van der Waals surface area contributed by atoms with Crippen molar-refractivity contribution in [1.29, 1.82) is 0 Å². The summed E-state index contributed by atoms with van der Waals surface area (Å²) in [5.41, 5.74) is 1.50. The SMILES string of the molecule is CC.O=S(=O)(NC(=S)N1CC(c2ccccc2)C(c2ccc(Cl)cc2)=N1)c1ccc(C(F)(F)F)cc1. The summed E-state index contributed by atoms with van der Waals surface area (Å²) in [5, 5.41) is 6.29. The first-order chi connectivity index (χ1) is 17.0. The van der Waals surface area contributed by atoms with Crippen LogP contribution in [0.25, 0.3) is 0 Å². The molecule has 1 aliphatic heterocycles. The van der Waals surface area contributed by atoms with Crippen molar-refractivity contribution in [3.05, 3.63) is 101 Å². The highest BCUT2D eigenvalue weighted by Gasteiger charge is 2.33. The number of hydrazone groups is 1. The standard InChI is InChI=1S/C23H17ClF3N3O2S2.C2H6/c24-18-10-6-16(7-11-18)21-20(15-4-2-1-3-5-15)14-30(28-21)22(33)29-34(31,32)19-12-8-17(9-13-19)23(25,26)27;1-2/h1-13,20H,14H2,(H,29,33);1-2H3. The van der Waals surface area contributed by atoms with Crippen LogP contribution in [0.1, 0.15) is 36.5 Å². The van der Waals surface area contributed by atoms with Crippen molar-refractivity contribution in [2.45, 2.75) is 30.8 Å². The molecular weight excluding hydrogens is 531 g/mol. The molecule has 1 unspecified atom stereocenters. The Hall–Kier alpha value is -2.95. The number of hydrogen-bond donors (Lipinski definition) is 1. The fourth-order valence-corrected chi connectivity index (χ4v) is 5.02. The van der Waals surface area contributed by atoms with Crippen molar-refractivity contribution >= 4 is 44.7 Å². The van der Waals surface area contributed by atoms with Gasteiger partial charge in [-0.15, -0.1) is 0 Å². The van der Waals surface area contributed by atoms with Gasteiger partial charge in [0, 0.05) is 10.9 Å². The summed E-state index contributed by atoms with van der Waals surface area (Å²) in [6.45, 7) is 4.27. The maximum Gasteiger partial charge on any atom is 0.416 e. The van der Waals surface area contributed by atoms with Crippen LogP contribution in [0.3, 0.4) is 0 Å². The predicted molar refractivity (Wildman–Crippen MR) is 140 cm³/mol. The molecule has 0 saturated carbocycles. The molecule has 0 bridgehead atoms. The molecule has 0 fully saturated rings. The highest BCUT2D eigenvalue weighted by molar-refractivity contribution is 7.91. The number of sulfonamides is 1. The first kappa shape index (κ1) is 27.6. The number of rotatable bonds is 4. The number of nitrogens with one attached hydrogen (secondary N) is 1. The van der Waals surface area contributed by atoms with Gasteiger partial charge in [-0.25, -0.2) is 13.4 Å². The van der Waals surface area contributed by atoms with Gasteiger partial charge in [-0.05, 0) is 59.7 Å². The predicted octanol–water partition coefficient (Wildman–Crippen LogP) is 6.45. The lowest BCUT2D eigenvalue weighted by atomic mass is 9.91. The number of halogens is 4. The second-order valence-corrected chi connectivity index (χ2v) is 9.98. The molecule has 4 rings (SSSR count). The van der Waals surface area contributed by atoms with Crippen LogP contribution < -0.4 is 4.72 Å². The fraction of sp³-hybridized carbons (Fsp3) is 0.200. The molecule has 1 N–H and O–H groups in total. The van der Waals surface area contributed by atoms with E-state index in [9.17, 15) is 21.6 Å². The monoisotopic (exact) mass is 553 g/mol. The smallest absolute Gasteiger partial charge is 0.254 e. The van der Waals surface area contributed by atoms with Crippen molar-refractivity contribution in [2.24, 2.45) is 5.10 Å². The average Bonchev–Trinajstić information content (AvgIpc) is 3.31. The quantitative estimate of drug-likeness (QED) is 0.377. The van der Waals surface area contributed by atoms with E-state index in [1.807, 2.05) is 56.3 Å². The van der Waals surface area contributed by atoms with Gasteiger partial charge in [0.15, 0.2) is 0 Å². The Morgan fingerprint density at radius 1 is 1.00 bits per heavy atom. The Kier molecular flexibility index (Phi) is 8.76. The van der Waals surface area contributed by atoms with Gasteiger partial charge in [0.1, 0.15) is 0 Å². The van der Waals surface area contributed by atoms with E-state index in [0.717, 1.165) is 23.3 Å². The van der Waals surface area contributed by atoms with Gasteiger partial charge in [-0.3, -0.25) is 4.72 Å². The van der Waals surface area contributed by atoms with Crippen LogP contribution in [0.15, 0.2) is 88.9 Å². The first-order valence-corrected chi connectivity index (χ1v) is 13.2. The summed E-state index contributed by atoms with van der Waals surface area (Å²) in [7, 11) is -4.22. The lowest BCUT2D eigenvalue weighted by Crippen LogP contribution is -2.39. The van der Waals surface area contributed by atoms with Crippen LogP contribution in [0.4, 0.5) is 13.2 Å². The molecule has 190 valence electrons. The molecule has 0 aliphatic carbocycles. The lowest BCUT2D eigenvalue weighted by molar-refractivity contribution is -0.137. The zero-order valence-corrected chi connectivity index (χ0v) is 21.7. The van der Waals surface area contributed by atoms with E-state index in [4.69, 9.17) is 23.8 Å². The zero-order valence-electron chi connectivity index (χ0n) is 19.3. The van der Waals surface area contributed by atoms with Gasteiger partial charge in [0.25, 0.3) is 10.0 Å². The third-order valence-corrected chi connectivity index (χ3v) is 7.25. The summed E-state index contributed by atoms with van der Waals surface area (Å²) >= 11 is 11.3. The largest absolute Gasteiger partial charge is 0.416 e.